The fraction of sp³-hybridized carbons (Fsp3) is 0.459. The van der Waals surface area contributed by atoms with Gasteiger partial charge in [0.25, 0.3) is 5.91 Å². The van der Waals surface area contributed by atoms with Gasteiger partial charge in [-0.05, 0) is 60.2 Å². The molecule has 8 rings (SSSR count). The second-order valence-corrected chi connectivity index (χ2v) is 14.7. The lowest BCUT2D eigenvalue weighted by Crippen LogP contribution is -2.61. The van der Waals surface area contributed by atoms with E-state index in [2.05, 4.69) is 42.9 Å². The monoisotopic (exact) mass is 692 g/mol. The van der Waals surface area contributed by atoms with Gasteiger partial charge in [0.2, 0.25) is 17.8 Å². The fourth-order valence-corrected chi connectivity index (χ4v) is 7.74. The first-order valence-corrected chi connectivity index (χ1v) is 17.7. The molecule has 1 amide bonds. The highest BCUT2D eigenvalue weighted by atomic mass is 16.5. The lowest BCUT2D eigenvalue weighted by atomic mass is 9.72. The molecule has 2 aromatic heterocycles. The predicted octanol–water partition coefficient (Wildman–Crippen LogP) is 3.54. The number of nitrogen functional groups attached to an aromatic ring is 1. The number of phenols is 2. The lowest BCUT2D eigenvalue weighted by Gasteiger charge is -2.54. The highest BCUT2D eigenvalue weighted by Crippen LogP contribution is 2.43. The predicted molar refractivity (Wildman–Crippen MR) is 191 cm³/mol. The Morgan fingerprint density at radius 3 is 2.27 bits per heavy atom. The number of nitrogens with zero attached hydrogens (tertiary/aromatic N) is 9. The molecule has 0 aliphatic carbocycles. The molecule has 4 aromatic rings. The van der Waals surface area contributed by atoms with Gasteiger partial charge in [-0.25, -0.2) is 9.97 Å². The van der Waals surface area contributed by atoms with Gasteiger partial charge in [0.15, 0.2) is 5.82 Å². The van der Waals surface area contributed by atoms with Gasteiger partial charge in [-0.3, -0.25) is 9.69 Å². The van der Waals surface area contributed by atoms with Crippen LogP contribution in [-0.2, 0) is 24.4 Å². The normalized spacial score (nSPS) is 18.7. The van der Waals surface area contributed by atoms with Crippen LogP contribution in [0.25, 0.3) is 11.4 Å². The Labute approximate surface area is 296 Å². The number of piperidine rings is 1. The highest BCUT2D eigenvalue weighted by Gasteiger charge is 2.46. The van der Waals surface area contributed by atoms with Gasteiger partial charge < -0.3 is 35.4 Å². The van der Waals surface area contributed by atoms with Crippen molar-refractivity contribution in [2.24, 2.45) is 5.41 Å². The number of benzene rings is 2. The second-order valence-electron chi connectivity index (χ2n) is 14.7. The van der Waals surface area contributed by atoms with Crippen molar-refractivity contribution in [3.8, 4) is 22.9 Å². The number of likely N-dealkylation sites (tertiary alicyclic amines) is 1. The van der Waals surface area contributed by atoms with Crippen molar-refractivity contribution in [3.63, 3.8) is 0 Å². The van der Waals surface area contributed by atoms with E-state index >= 15 is 0 Å². The van der Waals surface area contributed by atoms with Crippen LogP contribution in [0.3, 0.4) is 0 Å². The van der Waals surface area contributed by atoms with E-state index < -0.39 is 0 Å². The van der Waals surface area contributed by atoms with Crippen molar-refractivity contribution < 1.29 is 19.7 Å². The molecule has 0 bridgehead atoms. The van der Waals surface area contributed by atoms with Crippen molar-refractivity contribution in [1.82, 2.24) is 34.7 Å². The molecular weight excluding hydrogens is 648 g/mol. The molecule has 3 saturated heterocycles. The fourth-order valence-electron chi connectivity index (χ4n) is 7.74. The van der Waals surface area contributed by atoms with Crippen LogP contribution < -0.4 is 15.5 Å². The van der Waals surface area contributed by atoms with Gasteiger partial charge in [-0.2, -0.15) is 15.0 Å². The zero-order chi connectivity index (χ0) is 35.3. The van der Waals surface area contributed by atoms with E-state index in [0.29, 0.717) is 55.2 Å². The quantitative estimate of drug-likeness (QED) is 0.257. The summed E-state index contributed by atoms with van der Waals surface area (Å²) in [5, 5.41) is 20.7. The van der Waals surface area contributed by atoms with E-state index in [1.165, 1.54) is 11.6 Å². The number of anilines is 3. The molecule has 4 N–H and O–H groups in total. The van der Waals surface area contributed by atoms with Crippen molar-refractivity contribution in [2.45, 2.75) is 52.2 Å². The molecule has 4 aliphatic heterocycles. The number of hydrogen-bond acceptors (Lipinski definition) is 13. The van der Waals surface area contributed by atoms with Crippen molar-refractivity contribution in [1.29, 1.82) is 0 Å². The van der Waals surface area contributed by atoms with Gasteiger partial charge in [0, 0.05) is 69.7 Å². The number of phenolic OH excluding ortho intramolecular Hbond substituents is 2. The summed E-state index contributed by atoms with van der Waals surface area (Å²) in [5.74, 6) is 1.68. The van der Waals surface area contributed by atoms with Gasteiger partial charge in [0.05, 0.1) is 24.3 Å². The summed E-state index contributed by atoms with van der Waals surface area (Å²) in [7, 11) is 0. The third-order valence-corrected chi connectivity index (χ3v) is 10.8. The van der Waals surface area contributed by atoms with Gasteiger partial charge in [0.1, 0.15) is 11.5 Å². The number of rotatable bonds is 7. The first-order valence-electron chi connectivity index (χ1n) is 17.7. The first-order chi connectivity index (χ1) is 24.6. The van der Waals surface area contributed by atoms with Crippen LogP contribution in [0.15, 0.2) is 42.7 Å². The van der Waals surface area contributed by atoms with Crippen LogP contribution in [0.2, 0.25) is 0 Å². The number of carbonyl (C=O) groups is 1. The third-order valence-electron chi connectivity index (χ3n) is 10.8. The Kier molecular flexibility index (Phi) is 8.58. The number of ether oxygens (including phenoxy) is 1. The van der Waals surface area contributed by atoms with Crippen LogP contribution >= 0.6 is 0 Å². The number of morpholine rings is 1. The first kappa shape index (κ1) is 33.1. The van der Waals surface area contributed by atoms with E-state index in [-0.39, 0.29) is 40.3 Å². The molecule has 14 heteroatoms. The molecule has 0 atom stereocenters. The third kappa shape index (κ3) is 6.61. The largest absolute Gasteiger partial charge is 0.508 e. The summed E-state index contributed by atoms with van der Waals surface area (Å²) >= 11 is 0. The average molecular weight is 693 g/mol. The van der Waals surface area contributed by atoms with E-state index in [1.54, 1.807) is 23.4 Å². The topological polar surface area (TPSA) is 170 Å². The Morgan fingerprint density at radius 2 is 1.57 bits per heavy atom. The standard InChI is InChI=1S/C37H44N10O4/c1-23(2)28-14-29(31(49)15-30(28)48)33(50)46-19-25-4-3-24(13-26(25)20-46)18-44-7-5-37(6-8-44)21-47(22-37)36-42-32(27-16-39-34(38)40-17-27)41-35(43-36)45-9-11-51-12-10-45/h3-4,13-17,23,48-49H,5-12,18-22H2,1-2H3,(H2,38,39,40). The maximum atomic E-state index is 13.5. The smallest absolute Gasteiger partial charge is 0.258 e. The number of aromatic nitrogens is 5. The molecule has 3 fully saturated rings. The van der Waals surface area contributed by atoms with Crippen LogP contribution in [0.4, 0.5) is 17.8 Å². The van der Waals surface area contributed by atoms with E-state index in [0.717, 1.165) is 69.8 Å². The molecule has 1 spiro atoms. The van der Waals surface area contributed by atoms with Gasteiger partial charge in [-0.15, -0.1) is 0 Å². The molecule has 4 aliphatic rings. The highest BCUT2D eigenvalue weighted by molar-refractivity contribution is 5.97. The zero-order valence-corrected chi connectivity index (χ0v) is 29.1. The van der Waals surface area contributed by atoms with Crippen LogP contribution in [0.5, 0.6) is 11.5 Å². The number of nitrogens with two attached hydrogens (primary N) is 1. The van der Waals surface area contributed by atoms with Crippen molar-refractivity contribution in [3.05, 3.63) is 70.5 Å². The molecule has 0 saturated carbocycles. The molecule has 0 radical (unpaired) electrons. The molecular formula is C37H44N10O4. The summed E-state index contributed by atoms with van der Waals surface area (Å²) in [6.45, 7) is 12.3. The van der Waals surface area contributed by atoms with Gasteiger partial charge in [-0.1, -0.05) is 32.0 Å². The van der Waals surface area contributed by atoms with Gasteiger partial charge >= 0.3 is 0 Å². The molecule has 266 valence electrons. The van der Waals surface area contributed by atoms with Crippen LogP contribution in [0.1, 0.15) is 65.2 Å². The van der Waals surface area contributed by atoms with E-state index in [9.17, 15) is 15.0 Å². The molecule has 2 aromatic carbocycles. The number of aromatic hydroxyl groups is 2. The minimum absolute atomic E-state index is 0.00689. The number of fused-ring (bicyclic) bond motifs is 1. The maximum absolute atomic E-state index is 13.5. The molecule has 6 heterocycles. The van der Waals surface area contributed by atoms with E-state index in [1.807, 2.05) is 13.8 Å². The number of hydrogen-bond donors (Lipinski definition) is 3. The summed E-state index contributed by atoms with van der Waals surface area (Å²) in [6.07, 6.45) is 5.51. The Morgan fingerprint density at radius 1 is 0.882 bits per heavy atom. The lowest BCUT2D eigenvalue weighted by molar-refractivity contribution is 0.0714. The minimum Gasteiger partial charge on any atom is -0.508 e. The summed E-state index contributed by atoms with van der Waals surface area (Å²) in [4.78, 5) is 45.0. The second kappa shape index (κ2) is 13.2. The SMILES string of the molecule is CC(C)c1cc(C(=O)N2Cc3ccc(CN4CCC5(CC4)CN(c4nc(-c6cnc(N)nc6)nc(N6CCOCC6)n4)C5)cc3C2)c(O)cc1O. The van der Waals surface area contributed by atoms with Crippen molar-refractivity contribution in [2.75, 3.05) is 68.0 Å². The van der Waals surface area contributed by atoms with Crippen molar-refractivity contribution >= 4 is 23.8 Å². The average Bonchev–Trinajstić information content (AvgIpc) is 3.55. The zero-order valence-electron chi connectivity index (χ0n) is 29.1. The van der Waals surface area contributed by atoms with Crippen LogP contribution in [-0.4, -0.2) is 103 Å². The number of carbonyl (C=O) groups excluding carboxylic acids is 1. The maximum Gasteiger partial charge on any atom is 0.258 e. The molecule has 51 heavy (non-hydrogen) atoms. The minimum atomic E-state index is -0.229. The summed E-state index contributed by atoms with van der Waals surface area (Å²) in [6, 6.07) is 9.43. The number of amides is 1. The van der Waals surface area contributed by atoms with E-state index in [4.69, 9.17) is 25.4 Å². The van der Waals surface area contributed by atoms with Crippen LogP contribution in [0, 0.1) is 5.41 Å². The Bertz CT molecular complexity index is 1930. The Hall–Kier alpha value is -5.08. The summed E-state index contributed by atoms with van der Waals surface area (Å²) in [5.41, 5.74) is 11.1. The molecule has 14 nitrogen and oxygen atoms in total. The molecule has 0 unspecified atom stereocenters. The summed E-state index contributed by atoms with van der Waals surface area (Å²) < 4.78 is 5.55. The Balaban J connectivity index is 0.889.